The lowest BCUT2D eigenvalue weighted by atomic mass is 9.96. The molecule has 2 rings (SSSR count). The van der Waals surface area contributed by atoms with Gasteiger partial charge in [-0.2, -0.15) is 0 Å². The number of halogens is 1. The van der Waals surface area contributed by atoms with Gasteiger partial charge in [-0.15, -0.1) is 0 Å². The second-order valence-electron chi connectivity index (χ2n) is 4.48. The summed E-state index contributed by atoms with van der Waals surface area (Å²) in [7, 11) is 0. The molecule has 0 aliphatic carbocycles. The Bertz CT molecular complexity index is 476. The summed E-state index contributed by atoms with van der Waals surface area (Å²) in [6.45, 7) is 1.00. The van der Waals surface area contributed by atoms with E-state index in [4.69, 9.17) is 5.73 Å². The average Bonchev–Trinajstić information content (AvgIpc) is 2.38. The molecule has 96 valence electrons. The zero-order valence-electron chi connectivity index (χ0n) is 9.93. The number of carbonyl (C=O) groups is 2. The fourth-order valence-corrected chi connectivity index (χ4v) is 2.37. The maximum atomic E-state index is 13.8. The van der Waals surface area contributed by atoms with E-state index in [1.165, 1.54) is 12.1 Å². The van der Waals surface area contributed by atoms with E-state index in [9.17, 15) is 14.0 Å². The molecule has 0 saturated carbocycles. The lowest BCUT2D eigenvalue weighted by molar-refractivity contribution is -0.122. The molecule has 1 aliphatic rings. The Morgan fingerprint density at radius 2 is 2.28 bits per heavy atom. The van der Waals surface area contributed by atoms with Gasteiger partial charge in [0.1, 0.15) is 5.82 Å². The lowest BCUT2D eigenvalue weighted by Crippen LogP contribution is -2.41. The summed E-state index contributed by atoms with van der Waals surface area (Å²) in [6.07, 6.45) is 2.11. The molecule has 1 saturated heterocycles. The number of primary amides is 1. The van der Waals surface area contributed by atoms with Crippen LogP contribution in [-0.4, -0.2) is 25.3 Å². The minimum atomic E-state index is -0.440. The second-order valence-corrected chi connectivity index (χ2v) is 4.48. The van der Waals surface area contributed by atoms with Gasteiger partial charge in [-0.25, -0.2) is 4.39 Å². The summed E-state index contributed by atoms with van der Waals surface area (Å²) in [5, 5.41) is 0. The first kappa shape index (κ1) is 12.5. The molecule has 0 aromatic heterocycles. The molecule has 1 aliphatic heterocycles. The Balaban J connectivity index is 2.31. The Hall–Kier alpha value is -1.91. The Labute approximate surface area is 105 Å². The second kappa shape index (κ2) is 5.16. The number of rotatable bonds is 3. The van der Waals surface area contributed by atoms with Crippen LogP contribution in [0.5, 0.6) is 0 Å². The van der Waals surface area contributed by atoms with Gasteiger partial charge in [0, 0.05) is 18.7 Å². The van der Waals surface area contributed by atoms with Crippen molar-refractivity contribution in [1.82, 2.24) is 0 Å². The van der Waals surface area contributed by atoms with E-state index in [2.05, 4.69) is 0 Å². The molecular formula is C13H15FN2O2. The highest BCUT2D eigenvalue weighted by molar-refractivity contribution is 5.85. The number of amides is 1. The van der Waals surface area contributed by atoms with Crippen LogP contribution in [0.3, 0.4) is 0 Å². The minimum absolute atomic E-state index is 0.276. The van der Waals surface area contributed by atoms with Crippen LogP contribution in [0, 0.1) is 11.7 Å². The van der Waals surface area contributed by atoms with Crippen molar-refractivity contribution in [3.63, 3.8) is 0 Å². The number of benzene rings is 1. The first-order valence-corrected chi connectivity index (χ1v) is 5.91. The van der Waals surface area contributed by atoms with E-state index >= 15 is 0 Å². The summed E-state index contributed by atoms with van der Waals surface area (Å²) in [6, 6.07) is 4.38. The van der Waals surface area contributed by atoms with E-state index < -0.39 is 5.82 Å². The van der Waals surface area contributed by atoms with E-state index in [-0.39, 0.29) is 17.5 Å². The molecule has 0 radical (unpaired) electrons. The predicted octanol–water partition coefficient (Wildman–Crippen LogP) is 1.34. The fraction of sp³-hybridized carbons (Fsp3) is 0.385. The first-order valence-electron chi connectivity index (χ1n) is 5.91. The van der Waals surface area contributed by atoms with Gasteiger partial charge in [0.05, 0.1) is 11.6 Å². The highest BCUT2D eigenvalue weighted by Gasteiger charge is 2.26. The third-order valence-corrected chi connectivity index (χ3v) is 3.28. The average molecular weight is 250 g/mol. The quantitative estimate of drug-likeness (QED) is 0.823. The summed E-state index contributed by atoms with van der Waals surface area (Å²) in [5.41, 5.74) is 5.87. The molecule has 1 fully saturated rings. The molecule has 0 spiro atoms. The smallest absolute Gasteiger partial charge is 0.222 e. The summed E-state index contributed by atoms with van der Waals surface area (Å²) in [4.78, 5) is 23.9. The first-order chi connectivity index (χ1) is 8.63. The normalized spacial score (nSPS) is 19.6. The van der Waals surface area contributed by atoms with Crippen molar-refractivity contribution in [2.75, 3.05) is 18.0 Å². The molecule has 1 heterocycles. The molecule has 1 aromatic rings. The molecule has 1 aromatic carbocycles. The number of para-hydroxylation sites is 1. The van der Waals surface area contributed by atoms with Crippen LogP contribution in [0.2, 0.25) is 0 Å². The topological polar surface area (TPSA) is 63.4 Å². The molecule has 1 atom stereocenters. The number of hydrogen-bond acceptors (Lipinski definition) is 3. The van der Waals surface area contributed by atoms with Gasteiger partial charge in [0.15, 0.2) is 6.29 Å². The number of piperidine rings is 1. The van der Waals surface area contributed by atoms with Gasteiger partial charge in [-0.05, 0) is 25.0 Å². The van der Waals surface area contributed by atoms with E-state index in [0.717, 1.165) is 12.8 Å². The monoisotopic (exact) mass is 250 g/mol. The van der Waals surface area contributed by atoms with Gasteiger partial charge in [0.25, 0.3) is 0 Å². The Morgan fingerprint density at radius 3 is 2.94 bits per heavy atom. The van der Waals surface area contributed by atoms with Crippen LogP contribution in [0.25, 0.3) is 0 Å². The van der Waals surface area contributed by atoms with Crippen molar-refractivity contribution in [3.05, 3.63) is 29.6 Å². The highest BCUT2D eigenvalue weighted by Crippen LogP contribution is 2.28. The van der Waals surface area contributed by atoms with Crippen molar-refractivity contribution in [3.8, 4) is 0 Å². The van der Waals surface area contributed by atoms with E-state index in [0.29, 0.717) is 24.9 Å². The zero-order chi connectivity index (χ0) is 13.1. The lowest BCUT2D eigenvalue weighted by Gasteiger charge is -2.33. The Kier molecular flexibility index (Phi) is 3.60. The third-order valence-electron chi connectivity index (χ3n) is 3.28. The number of aldehydes is 1. The van der Waals surface area contributed by atoms with Gasteiger partial charge >= 0.3 is 0 Å². The SMILES string of the molecule is NC(=O)C1CCCN(c2c(F)cccc2C=O)C1. The summed E-state index contributed by atoms with van der Waals surface area (Å²) >= 11 is 0. The van der Waals surface area contributed by atoms with Crippen molar-refractivity contribution in [2.45, 2.75) is 12.8 Å². The maximum Gasteiger partial charge on any atom is 0.222 e. The van der Waals surface area contributed by atoms with Crippen molar-refractivity contribution < 1.29 is 14.0 Å². The van der Waals surface area contributed by atoms with E-state index in [1.54, 1.807) is 11.0 Å². The van der Waals surface area contributed by atoms with Crippen LogP contribution < -0.4 is 10.6 Å². The van der Waals surface area contributed by atoms with Crippen LogP contribution >= 0.6 is 0 Å². The zero-order valence-corrected chi connectivity index (χ0v) is 9.93. The van der Waals surface area contributed by atoms with Crippen LogP contribution in [0.4, 0.5) is 10.1 Å². The predicted molar refractivity (Wildman–Crippen MR) is 65.9 cm³/mol. The fourth-order valence-electron chi connectivity index (χ4n) is 2.37. The molecule has 5 heteroatoms. The van der Waals surface area contributed by atoms with Crippen molar-refractivity contribution in [1.29, 1.82) is 0 Å². The number of anilines is 1. The van der Waals surface area contributed by atoms with Crippen LogP contribution in [0.15, 0.2) is 18.2 Å². The number of carbonyl (C=O) groups excluding carboxylic acids is 2. The summed E-state index contributed by atoms with van der Waals surface area (Å²) < 4.78 is 13.8. The van der Waals surface area contributed by atoms with Crippen molar-refractivity contribution >= 4 is 17.9 Å². The van der Waals surface area contributed by atoms with Gasteiger partial charge in [-0.3, -0.25) is 9.59 Å². The standard InChI is InChI=1S/C13H15FN2O2/c14-11-5-1-3-10(8-17)12(11)16-6-2-4-9(7-16)13(15)18/h1,3,5,8-9H,2,4,6-7H2,(H2,15,18). The van der Waals surface area contributed by atoms with Crippen molar-refractivity contribution in [2.24, 2.45) is 11.7 Å². The van der Waals surface area contributed by atoms with Gasteiger partial charge in [-0.1, -0.05) is 6.07 Å². The number of nitrogens with two attached hydrogens (primary N) is 1. The maximum absolute atomic E-state index is 13.8. The molecule has 0 bridgehead atoms. The summed E-state index contributed by atoms with van der Waals surface area (Å²) in [5.74, 6) is -1.09. The molecule has 1 amide bonds. The largest absolute Gasteiger partial charge is 0.369 e. The van der Waals surface area contributed by atoms with Gasteiger partial charge in [0.2, 0.25) is 5.91 Å². The highest BCUT2D eigenvalue weighted by atomic mass is 19.1. The minimum Gasteiger partial charge on any atom is -0.369 e. The Morgan fingerprint density at radius 1 is 1.50 bits per heavy atom. The van der Waals surface area contributed by atoms with Crippen LogP contribution in [-0.2, 0) is 4.79 Å². The molecule has 2 N–H and O–H groups in total. The third kappa shape index (κ3) is 2.34. The molecular weight excluding hydrogens is 235 g/mol. The van der Waals surface area contributed by atoms with Gasteiger partial charge < -0.3 is 10.6 Å². The number of nitrogens with zero attached hydrogens (tertiary/aromatic N) is 1. The van der Waals surface area contributed by atoms with E-state index in [1.807, 2.05) is 0 Å². The van der Waals surface area contributed by atoms with Crippen LogP contribution in [0.1, 0.15) is 23.2 Å². The number of hydrogen-bond donors (Lipinski definition) is 1. The molecule has 4 nitrogen and oxygen atoms in total. The molecule has 18 heavy (non-hydrogen) atoms. The molecule has 1 unspecified atom stereocenters.